The summed E-state index contributed by atoms with van der Waals surface area (Å²) < 4.78 is 109. The molecular weight excluding hydrogens is 436 g/mol. The van der Waals surface area contributed by atoms with Crippen molar-refractivity contribution >= 4 is 5.84 Å². The molecule has 2 heterocycles. The zero-order valence-corrected chi connectivity index (χ0v) is 14.8. The summed E-state index contributed by atoms with van der Waals surface area (Å²) in [6, 6.07) is 0.832. The second kappa shape index (κ2) is 8.74. The summed E-state index contributed by atoms with van der Waals surface area (Å²) in [6.45, 7) is -0.666. The van der Waals surface area contributed by atoms with Gasteiger partial charge in [0.15, 0.2) is 6.61 Å². The van der Waals surface area contributed by atoms with Crippen LogP contribution in [0.2, 0.25) is 0 Å². The van der Waals surface area contributed by atoms with Gasteiger partial charge in [-0.05, 0) is 6.92 Å². The molecule has 0 saturated heterocycles. The molecule has 0 fully saturated rings. The molecule has 0 aromatic carbocycles. The van der Waals surface area contributed by atoms with E-state index in [4.69, 9.17) is 4.84 Å². The Kier molecular flexibility index (Phi) is 6.77. The van der Waals surface area contributed by atoms with E-state index >= 15 is 0 Å². The highest BCUT2D eigenvalue weighted by molar-refractivity contribution is 5.97. The van der Waals surface area contributed by atoms with Gasteiger partial charge in [-0.3, -0.25) is 0 Å². The van der Waals surface area contributed by atoms with Crippen molar-refractivity contribution in [1.29, 1.82) is 0 Å². The third-order valence-electron chi connectivity index (χ3n) is 3.34. The van der Waals surface area contributed by atoms with Crippen LogP contribution < -0.4 is 4.74 Å². The zero-order valence-electron chi connectivity index (χ0n) is 14.8. The number of hydrogen-bond acceptors (Lipinski definition) is 7. The molecule has 0 unspecified atom stereocenters. The molecule has 2 aromatic rings. The summed E-state index contributed by atoms with van der Waals surface area (Å²) in [6.07, 6.45) is -1.98. The normalized spacial score (nSPS) is 13.6. The lowest BCUT2D eigenvalue weighted by atomic mass is 10.1. The second-order valence-electron chi connectivity index (χ2n) is 5.41. The first-order chi connectivity index (χ1) is 13.9. The van der Waals surface area contributed by atoms with Gasteiger partial charge in [0.05, 0.1) is 0 Å². The Balaban J connectivity index is 2.25. The van der Waals surface area contributed by atoms with Gasteiger partial charge in [-0.1, -0.05) is 5.16 Å². The number of rotatable bonds is 9. The van der Waals surface area contributed by atoms with E-state index in [9.17, 15) is 35.1 Å². The molecule has 0 N–H and O–H groups in total. The fraction of sp³-hybridized carbons (Fsp3) is 0.500. The summed E-state index contributed by atoms with van der Waals surface area (Å²) in [7, 11) is 0. The zero-order chi connectivity index (χ0) is 22.6. The first kappa shape index (κ1) is 23.2. The van der Waals surface area contributed by atoms with E-state index in [2.05, 4.69) is 29.9 Å². The summed E-state index contributed by atoms with van der Waals surface area (Å²) in [5.41, 5.74) is -0.160. The summed E-state index contributed by atoms with van der Waals surface area (Å²) in [5, 5.41) is 7.43. The Hall–Kier alpha value is -3.07. The van der Waals surface area contributed by atoms with Crippen molar-refractivity contribution < 1.29 is 44.7 Å². The fourth-order valence-electron chi connectivity index (χ4n) is 1.83. The Bertz CT molecular complexity index is 862. The molecule has 16 heteroatoms. The number of nitrogens with zero attached hydrogens (tertiary/aromatic N) is 6. The van der Waals surface area contributed by atoms with Crippen LogP contribution in [0.5, 0.6) is 5.88 Å². The summed E-state index contributed by atoms with van der Waals surface area (Å²) in [4.78, 5) is 15.7. The molecule has 2 rings (SSSR count). The Morgan fingerprint density at radius 3 is 2.40 bits per heavy atom. The minimum atomic E-state index is -6.40. The van der Waals surface area contributed by atoms with Crippen molar-refractivity contribution in [1.82, 2.24) is 24.7 Å². The molecule has 0 radical (unpaired) electrons. The van der Waals surface area contributed by atoms with E-state index in [1.54, 1.807) is 6.92 Å². The first-order valence-electron chi connectivity index (χ1n) is 7.85. The largest absolute Gasteiger partial charge is 0.471 e. The molecule has 0 aliphatic rings. The standard InChI is InChI=1S/C14H12F8N6O2/c1-2-30-27-10(28-7-23-5-26-28)8-3-9(25-6-24-8)29-4-12(17,18)14(21,22)13(19,20)11(15)16/h3,5-7,11H,2,4H2,1H3/b27-10-. The van der Waals surface area contributed by atoms with E-state index in [-0.39, 0.29) is 18.1 Å². The molecule has 0 aliphatic carbocycles. The molecule has 0 atom stereocenters. The summed E-state index contributed by atoms with van der Waals surface area (Å²) in [5.74, 6) is -19.2. The average molecular weight is 448 g/mol. The van der Waals surface area contributed by atoms with Crippen LogP contribution in [0.1, 0.15) is 12.6 Å². The molecule has 8 nitrogen and oxygen atoms in total. The van der Waals surface area contributed by atoms with Gasteiger partial charge in [0.2, 0.25) is 11.7 Å². The van der Waals surface area contributed by atoms with E-state index in [1.807, 2.05) is 0 Å². The lowest BCUT2D eigenvalue weighted by Gasteiger charge is -2.31. The van der Waals surface area contributed by atoms with Gasteiger partial charge in [-0.15, -0.1) is 0 Å². The number of hydrogen-bond donors (Lipinski definition) is 0. The minimum Gasteiger partial charge on any atom is -0.471 e. The molecule has 0 aliphatic heterocycles. The molecule has 0 saturated carbocycles. The summed E-state index contributed by atoms with van der Waals surface area (Å²) >= 11 is 0. The Morgan fingerprint density at radius 2 is 1.83 bits per heavy atom. The van der Waals surface area contributed by atoms with Crippen LogP contribution in [0.25, 0.3) is 0 Å². The van der Waals surface area contributed by atoms with E-state index < -0.39 is 36.7 Å². The number of ether oxygens (including phenoxy) is 1. The van der Waals surface area contributed by atoms with Crippen molar-refractivity contribution in [3.8, 4) is 5.88 Å². The van der Waals surface area contributed by atoms with Gasteiger partial charge in [-0.25, -0.2) is 23.7 Å². The van der Waals surface area contributed by atoms with Gasteiger partial charge in [0.25, 0.3) is 0 Å². The van der Waals surface area contributed by atoms with Crippen LogP contribution in [0.4, 0.5) is 35.1 Å². The number of oxime groups is 1. The van der Waals surface area contributed by atoms with Crippen molar-refractivity contribution in [3.05, 3.63) is 30.7 Å². The number of aromatic nitrogens is 5. The predicted octanol–water partition coefficient (Wildman–Crippen LogP) is 2.86. The molecule has 0 spiro atoms. The smallest absolute Gasteiger partial charge is 0.381 e. The van der Waals surface area contributed by atoms with Crippen molar-refractivity contribution in [2.75, 3.05) is 13.2 Å². The van der Waals surface area contributed by atoms with Crippen molar-refractivity contribution in [3.63, 3.8) is 0 Å². The van der Waals surface area contributed by atoms with E-state index in [1.165, 1.54) is 6.33 Å². The van der Waals surface area contributed by atoms with E-state index in [0.29, 0.717) is 0 Å². The van der Waals surface area contributed by atoms with Gasteiger partial charge in [0, 0.05) is 6.07 Å². The molecule has 2 aromatic heterocycles. The predicted molar refractivity (Wildman–Crippen MR) is 82.0 cm³/mol. The van der Waals surface area contributed by atoms with E-state index in [0.717, 1.165) is 23.4 Å². The van der Waals surface area contributed by atoms with Gasteiger partial charge >= 0.3 is 24.2 Å². The van der Waals surface area contributed by atoms with Crippen LogP contribution in [0.3, 0.4) is 0 Å². The fourth-order valence-corrected chi connectivity index (χ4v) is 1.83. The SMILES string of the molecule is CCO/N=C(/c1cc(OCC(F)(F)C(F)(F)C(F)(F)C(F)F)ncn1)n1cncn1. The second-order valence-corrected chi connectivity index (χ2v) is 5.41. The van der Waals surface area contributed by atoms with Crippen LogP contribution >= 0.6 is 0 Å². The third kappa shape index (κ3) is 4.56. The quantitative estimate of drug-likeness (QED) is 0.254. The van der Waals surface area contributed by atoms with Gasteiger partial charge < -0.3 is 9.57 Å². The maximum Gasteiger partial charge on any atom is 0.381 e. The van der Waals surface area contributed by atoms with Crippen LogP contribution in [0, 0.1) is 0 Å². The van der Waals surface area contributed by atoms with Crippen molar-refractivity contribution in [2.45, 2.75) is 31.1 Å². The van der Waals surface area contributed by atoms with Gasteiger partial charge in [0.1, 0.15) is 31.3 Å². The number of halogens is 8. The van der Waals surface area contributed by atoms with Crippen LogP contribution in [-0.4, -0.2) is 68.0 Å². The highest BCUT2D eigenvalue weighted by atomic mass is 19.4. The molecule has 0 bridgehead atoms. The molecular formula is C14H12F8N6O2. The topological polar surface area (TPSA) is 87.3 Å². The molecule has 166 valence electrons. The third-order valence-corrected chi connectivity index (χ3v) is 3.34. The minimum absolute atomic E-state index is 0.117. The molecule has 30 heavy (non-hydrogen) atoms. The lowest BCUT2D eigenvalue weighted by Crippen LogP contribution is -2.59. The maximum absolute atomic E-state index is 13.6. The first-order valence-corrected chi connectivity index (χ1v) is 7.85. The van der Waals surface area contributed by atoms with Crippen LogP contribution in [0.15, 0.2) is 30.2 Å². The van der Waals surface area contributed by atoms with Crippen molar-refractivity contribution in [2.24, 2.45) is 5.16 Å². The lowest BCUT2D eigenvalue weighted by molar-refractivity contribution is -0.342. The highest BCUT2D eigenvalue weighted by Gasteiger charge is 2.75. The van der Waals surface area contributed by atoms with Gasteiger partial charge in [-0.2, -0.15) is 36.1 Å². The number of alkyl halides is 8. The maximum atomic E-state index is 13.6. The monoisotopic (exact) mass is 448 g/mol. The van der Waals surface area contributed by atoms with Crippen LogP contribution in [-0.2, 0) is 4.84 Å². The Morgan fingerprint density at radius 1 is 1.13 bits per heavy atom. The average Bonchev–Trinajstić information content (AvgIpc) is 3.21. The Labute approximate surface area is 162 Å². The molecule has 0 amide bonds. The highest BCUT2D eigenvalue weighted by Crippen LogP contribution is 2.48.